The molecule has 1 amide bonds. The lowest BCUT2D eigenvalue weighted by molar-refractivity contribution is -0.108. The molecule has 3 aliphatic rings. The fourth-order valence-electron chi connectivity index (χ4n) is 5.50. The maximum Gasteiger partial charge on any atom is 0.415 e. The van der Waals surface area contributed by atoms with Gasteiger partial charge in [-0.1, -0.05) is 6.92 Å². The topological polar surface area (TPSA) is 61.5 Å². The number of alkyl halides is 3. The van der Waals surface area contributed by atoms with Gasteiger partial charge in [-0.25, -0.2) is 8.78 Å². The van der Waals surface area contributed by atoms with Crippen molar-refractivity contribution in [3.8, 4) is 0 Å². The number of rotatable bonds is 5. The van der Waals surface area contributed by atoms with Crippen molar-refractivity contribution in [1.29, 1.82) is 0 Å². The van der Waals surface area contributed by atoms with Gasteiger partial charge in [0.15, 0.2) is 17.3 Å². The summed E-state index contributed by atoms with van der Waals surface area (Å²) in [4.78, 5) is 17.0. The predicted molar refractivity (Wildman–Crippen MR) is 114 cm³/mol. The van der Waals surface area contributed by atoms with Crippen molar-refractivity contribution < 1.29 is 31.5 Å². The summed E-state index contributed by atoms with van der Waals surface area (Å²) in [7, 11) is 1.64. The van der Waals surface area contributed by atoms with Crippen LogP contribution < -0.4 is 0 Å². The van der Waals surface area contributed by atoms with Crippen LogP contribution in [0.25, 0.3) is 0 Å². The summed E-state index contributed by atoms with van der Waals surface area (Å²) in [6, 6.07) is 0. The second-order valence-corrected chi connectivity index (χ2v) is 9.30. The Labute approximate surface area is 194 Å². The predicted octanol–water partition coefficient (Wildman–Crippen LogP) is 4.17. The zero-order valence-electron chi connectivity index (χ0n) is 19.2. The average molecular weight is 489 g/mol. The first-order valence-electron chi connectivity index (χ1n) is 11.5. The molecule has 1 saturated heterocycles. The molecule has 6 nitrogen and oxygen atoms in total. The molecule has 1 aromatic heterocycles. The zero-order valence-corrected chi connectivity index (χ0v) is 19.2. The van der Waals surface area contributed by atoms with Crippen LogP contribution in [-0.4, -0.2) is 72.0 Å². The number of aromatic amines is 1. The highest BCUT2D eigenvalue weighted by Gasteiger charge is 2.49. The number of piperidine rings is 1. The van der Waals surface area contributed by atoms with Gasteiger partial charge >= 0.3 is 6.18 Å². The minimum Gasteiger partial charge on any atom is -0.383 e. The quantitative estimate of drug-likeness (QED) is 0.632. The van der Waals surface area contributed by atoms with Gasteiger partial charge in [-0.2, -0.15) is 18.3 Å². The van der Waals surface area contributed by atoms with E-state index < -0.39 is 41.2 Å². The molecule has 11 heteroatoms. The van der Waals surface area contributed by atoms with Gasteiger partial charge < -0.3 is 9.64 Å². The monoisotopic (exact) mass is 488 g/mol. The molecule has 4 rings (SSSR count). The van der Waals surface area contributed by atoms with E-state index >= 15 is 0 Å². The molecule has 1 fully saturated rings. The number of nitrogens with one attached hydrogen (secondary N) is 1. The maximum atomic E-state index is 14.2. The van der Waals surface area contributed by atoms with E-state index in [9.17, 15) is 26.7 Å². The Hall–Kier alpha value is -2.27. The smallest absolute Gasteiger partial charge is 0.383 e. The number of allylic oxidation sites excluding steroid dienone is 4. The summed E-state index contributed by atoms with van der Waals surface area (Å²) in [5, 5.41) is 7.20. The van der Waals surface area contributed by atoms with Gasteiger partial charge in [0.25, 0.3) is 5.91 Å². The van der Waals surface area contributed by atoms with Gasteiger partial charge in [-0.15, -0.1) is 0 Å². The third-order valence-corrected chi connectivity index (χ3v) is 7.22. The van der Waals surface area contributed by atoms with Crippen LogP contribution in [0.4, 0.5) is 22.0 Å². The van der Waals surface area contributed by atoms with Crippen molar-refractivity contribution in [2.75, 3.05) is 39.9 Å². The van der Waals surface area contributed by atoms with Crippen LogP contribution in [0.5, 0.6) is 0 Å². The summed E-state index contributed by atoms with van der Waals surface area (Å²) in [6.45, 7) is 4.77. The number of likely N-dealkylation sites (tertiary alicyclic amines) is 1. The number of hydrogen-bond donors (Lipinski definition) is 1. The Kier molecular flexibility index (Phi) is 7.14. The molecule has 188 valence electrons. The van der Waals surface area contributed by atoms with Gasteiger partial charge in [0, 0.05) is 51.3 Å². The summed E-state index contributed by atoms with van der Waals surface area (Å²) >= 11 is 0. The van der Waals surface area contributed by atoms with Crippen LogP contribution in [-0.2, 0) is 17.7 Å². The molecule has 0 aromatic carbocycles. The molecule has 1 aliphatic carbocycles. The molecule has 0 spiro atoms. The van der Waals surface area contributed by atoms with Gasteiger partial charge in [-0.05, 0) is 37.2 Å². The van der Waals surface area contributed by atoms with E-state index in [2.05, 4.69) is 15.1 Å². The second-order valence-electron chi connectivity index (χ2n) is 9.30. The molecule has 34 heavy (non-hydrogen) atoms. The van der Waals surface area contributed by atoms with Gasteiger partial charge in [-0.3, -0.25) is 14.8 Å². The van der Waals surface area contributed by atoms with Crippen LogP contribution >= 0.6 is 0 Å². The molecular weight excluding hydrogens is 459 g/mol. The normalized spacial score (nSPS) is 24.9. The highest BCUT2D eigenvalue weighted by molar-refractivity contribution is 5.94. The number of halogens is 5. The number of carbonyl (C=O) groups excluding carboxylic acids is 1. The Morgan fingerprint density at radius 3 is 2.59 bits per heavy atom. The second kappa shape index (κ2) is 9.77. The van der Waals surface area contributed by atoms with Crippen molar-refractivity contribution in [2.45, 2.75) is 38.9 Å². The van der Waals surface area contributed by atoms with Gasteiger partial charge in [0.2, 0.25) is 0 Å². The first-order chi connectivity index (χ1) is 16.1. The number of H-pyrrole nitrogens is 1. The number of nitrogens with zero attached hydrogens (tertiary/aromatic N) is 3. The lowest BCUT2D eigenvalue weighted by Gasteiger charge is -2.40. The first kappa shape index (κ1) is 24.8. The van der Waals surface area contributed by atoms with Crippen molar-refractivity contribution >= 4 is 5.91 Å². The van der Waals surface area contributed by atoms with Crippen LogP contribution in [0.3, 0.4) is 0 Å². The molecule has 3 heterocycles. The van der Waals surface area contributed by atoms with Gasteiger partial charge in [0.05, 0.1) is 17.9 Å². The number of fused-ring (bicyclic) bond motifs is 1. The van der Waals surface area contributed by atoms with Crippen molar-refractivity contribution in [3.05, 3.63) is 40.3 Å². The molecule has 2 aliphatic heterocycles. The zero-order chi connectivity index (χ0) is 24.6. The number of carbonyl (C=O) groups is 1. The highest BCUT2D eigenvalue weighted by Crippen LogP contribution is 2.49. The molecule has 1 aromatic rings. The summed E-state index contributed by atoms with van der Waals surface area (Å²) in [5.41, 5.74) is 0.717. The van der Waals surface area contributed by atoms with E-state index in [1.54, 1.807) is 12.0 Å². The number of methoxy groups -OCH3 is 1. The summed E-state index contributed by atoms with van der Waals surface area (Å²) in [6.07, 6.45) is -2.80. The standard InChI is InChI=1S/C23H29F5N4O2/c1-13-11-16(24)20(25)19(23(26,27)28)18(13)14-3-7-32(8-4-14)22(33)21-15-5-6-31(9-10-34-2)12-17(15)29-30-21/h11,13-14,18H,3-10,12H2,1-2H3,(H,29,30). The lowest BCUT2D eigenvalue weighted by atomic mass is 9.70. The van der Waals surface area contributed by atoms with E-state index in [1.165, 1.54) is 6.92 Å². The number of aromatic nitrogens is 2. The van der Waals surface area contributed by atoms with E-state index in [1.807, 2.05) is 0 Å². The molecule has 2 unspecified atom stereocenters. The Morgan fingerprint density at radius 1 is 1.24 bits per heavy atom. The molecule has 0 saturated carbocycles. The summed E-state index contributed by atoms with van der Waals surface area (Å²) in [5.74, 6) is -5.98. The largest absolute Gasteiger partial charge is 0.415 e. The van der Waals surface area contributed by atoms with Crippen LogP contribution in [0.1, 0.15) is 41.5 Å². The minimum absolute atomic E-state index is 0.243. The fraction of sp³-hybridized carbons (Fsp3) is 0.652. The molecular formula is C23H29F5N4O2. The fourth-order valence-corrected chi connectivity index (χ4v) is 5.50. The van der Waals surface area contributed by atoms with E-state index in [0.717, 1.165) is 30.4 Å². The van der Waals surface area contributed by atoms with Crippen LogP contribution in [0.2, 0.25) is 0 Å². The Morgan fingerprint density at radius 2 is 1.94 bits per heavy atom. The Balaban J connectivity index is 1.43. The highest BCUT2D eigenvalue weighted by atomic mass is 19.4. The van der Waals surface area contributed by atoms with E-state index in [-0.39, 0.29) is 31.8 Å². The van der Waals surface area contributed by atoms with Crippen LogP contribution in [0, 0.1) is 17.8 Å². The van der Waals surface area contributed by atoms with Crippen LogP contribution in [0.15, 0.2) is 23.3 Å². The average Bonchev–Trinajstić information content (AvgIpc) is 3.22. The molecule has 0 bridgehead atoms. The summed E-state index contributed by atoms with van der Waals surface area (Å²) < 4.78 is 73.9. The molecule has 0 radical (unpaired) electrons. The van der Waals surface area contributed by atoms with Crippen molar-refractivity contribution in [3.63, 3.8) is 0 Å². The number of ether oxygens (including phenoxy) is 1. The third kappa shape index (κ3) is 4.77. The third-order valence-electron chi connectivity index (χ3n) is 7.22. The van der Waals surface area contributed by atoms with E-state index in [4.69, 9.17) is 4.74 Å². The molecule has 2 atom stereocenters. The number of amides is 1. The lowest BCUT2D eigenvalue weighted by Crippen LogP contribution is -2.43. The van der Waals surface area contributed by atoms with Crippen molar-refractivity contribution in [2.24, 2.45) is 17.8 Å². The van der Waals surface area contributed by atoms with E-state index in [0.29, 0.717) is 25.3 Å². The Bertz CT molecular complexity index is 978. The minimum atomic E-state index is -4.95. The molecule has 1 N–H and O–H groups in total. The number of hydrogen-bond acceptors (Lipinski definition) is 4. The van der Waals surface area contributed by atoms with Gasteiger partial charge in [0.1, 0.15) is 0 Å². The van der Waals surface area contributed by atoms with Crippen molar-refractivity contribution in [1.82, 2.24) is 20.0 Å². The maximum absolute atomic E-state index is 14.2. The first-order valence-corrected chi connectivity index (χ1v) is 11.5. The SMILES string of the molecule is COCCN1CCc2c(C(=O)N3CCC(C4C(C(F)(F)F)=C(F)C(F)=CC4C)CC3)n[nH]c2C1.